The van der Waals surface area contributed by atoms with E-state index in [1.165, 1.54) is 4.88 Å². The zero-order valence-electron chi connectivity index (χ0n) is 29.7. The van der Waals surface area contributed by atoms with Crippen molar-refractivity contribution < 1.29 is 33.8 Å². The summed E-state index contributed by atoms with van der Waals surface area (Å²) in [4.78, 5) is 66.6. The molecule has 2 aliphatic heterocycles. The lowest BCUT2D eigenvalue weighted by atomic mass is 9.99. The molecule has 278 valence electrons. The summed E-state index contributed by atoms with van der Waals surface area (Å²) in [7, 11) is 0. The molecule has 4 aromatic carbocycles. The normalized spacial score (nSPS) is 18.1. The van der Waals surface area contributed by atoms with Crippen LogP contribution in [0.4, 0.5) is 0 Å². The molecule has 5 aromatic rings. The summed E-state index contributed by atoms with van der Waals surface area (Å²) >= 11 is 1.78. The molecule has 11 nitrogen and oxygen atoms in total. The van der Waals surface area contributed by atoms with Crippen LogP contribution in [0.5, 0.6) is 5.75 Å². The molecule has 12 heteroatoms. The molecular formula is C42H42N4O7S. The Morgan fingerprint density at radius 2 is 1.28 bits per heavy atom. The summed E-state index contributed by atoms with van der Waals surface area (Å²) in [6.07, 6.45) is 0.111. The molecule has 7 rings (SSSR count). The maximum atomic E-state index is 13.9. The molecule has 0 spiro atoms. The minimum atomic E-state index is -1.30. The fourth-order valence-corrected chi connectivity index (χ4v) is 6.18. The van der Waals surface area contributed by atoms with Crippen LogP contribution in [0.2, 0.25) is 0 Å². The molecule has 2 bridgehead atoms. The van der Waals surface area contributed by atoms with Crippen molar-refractivity contribution in [3.63, 3.8) is 0 Å². The number of carboxylic acids is 1. The van der Waals surface area contributed by atoms with Crippen molar-refractivity contribution in [3.05, 3.63) is 148 Å². The van der Waals surface area contributed by atoms with E-state index in [1.807, 2.05) is 60.7 Å². The molecule has 3 heterocycles. The van der Waals surface area contributed by atoms with E-state index in [9.17, 15) is 29.1 Å². The first kappa shape index (κ1) is 38.9. The van der Waals surface area contributed by atoms with Crippen LogP contribution in [0.3, 0.4) is 0 Å². The molecule has 4 amide bonds. The van der Waals surface area contributed by atoms with E-state index in [1.54, 1.807) is 59.9 Å². The smallest absolute Gasteiger partial charge is 0.326 e. The predicted octanol–water partition coefficient (Wildman–Crippen LogP) is 4.49. The second-order valence-corrected chi connectivity index (χ2v) is 13.8. The highest BCUT2D eigenvalue weighted by atomic mass is 32.1. The summed E-state index contributed by atoms with van der Waals surface area (Å²) in [6, 6.07) is 33.3. The predicted molar refractivity (Wildman–Crippen MR) is 207 cm³/mol. The molecule has 1 aromatic heterocycles. The average Bonchev–Trinajstić information content (AvgIpc) is 3.67. The van der Waals surface area contributed by atoms with E-state index in [0.29, 0.717) is 11.3 Å². The van der Waals surface area contributed by atoms with Crippen molar-refractivity contribution >= 4 is 40.9 Å². The summed E-state index contributed by atoms with van der Waals surface area (Å²) in [6.45, 7) is 1.33. The number of nitrogens with one attached hydrogen (secondary N) is 4. The van der Waals surface area contributed by atoms with E-state index in [4.69, 9.17) is 4.74 Å². The van der Waals surface area contributed by atoms with Gasteiger partial charge in [-0.05, 0) is 58.3 Å². The van der Waals surface area contributed by atoms with Crippen LogP contribution in [0.25, 0.3) is 11.1 Å². The van der Waals surface area contributed by atoms with Gasteiger partial charge >= 0.3 is 5.97 Å². The third-order valence-electron chi connectivity index (χ3n) is 8.53. The van der Waals surface area contributed by atoms with Crippen LogP contribution in [-0.4, -0.2) is 66.0 Å². The third kappa shape index (κ3) is 12.2. The first-order chi connectivity index (χ1) is 26.1. The Morgan fingerprint density at radius 3 is 1.87 bits per heavy atom. The number of carbonyl (C=O) groups excluding carboxylic acids is 4. The van der Waals surface area contributed by atoms with Crippen LogP contribution in [-0.2, 0) is 43.2 Å². The first-order valence-corrected chi connectivity index (χ1v) is 18.3. The second-order valence-electron chi connectivity index (χ2n) is 12.7. The molecule has 0 saturated carbocycles. The minimum Gasteiger partial charge on any atom is -0.484 e. The molecule has 3 atom stereocenters. The first-order valence-electron chi connectivity index (χ1n) is 17.4. The highest BCUT2D eigenvalue weighted by Crippen LogP contribution is 2.20. The van der Waals surface area contributed by atoms with Crippen molar-refractivity contribution in [2.75, 3.05) is 13.2 Å². The van der Waals surface area contributed by atoms with E-state index < -0.39 is 54.3 Å². The molecular weight excluding hydrogens is 705 g/mol. The molecule has 0 fully saturated rings. The maximum Gasteiger partial charge on any atom is 0.326 e. The fraction of sp³-hybridized carbons (Fsp3) is 0.214. The number of aryl methyl sites for hydroxylation is 1. The fourth-order valence-electron chi connectivity index (χ4n) is 5.65. The van der Waals surface area contributed by atoms with Gasteiger partial charge in [-0.15, -0.1) is 11.3 Å². The highest BCUT2D eigenvalue weighted by Gasteiger charge is 2.30. The number of hydrogen-bond acceptors (Lipinski definition) is 7. The number of amides is 4. The standard InChI is InChI=1S/C37H36N4O7.C5H6S/c42-33-22-38-34(43)23-48-29-17-13-26(14-18-29)21-32(37(46)47)41-36(45)31(19-24-7-3-1-4-8-24)40-35(44)30(39-33)20-25-11-15-28(16-12-25)27-9-5-2-6-10-27;1-5-3-2-4-6-5/h1-18,30-32H,19-23H2,(H,38,43)(H,39,42)(H,40,44)(H,41,45)(H,46,47);2-4H,1H3/t30-,31-,32+;/m1./s1. The molecule has 0 aliphatic carbocycles. The summed E-state index contributed by atoms with van der Waals surface area (Å²) in [5.41, 5.74) is 4.08. The van der Waals surface area contributed by atoms with Crippen molar-refractivity contribution in [3.8, 4) is 16.9 Å². The molecule has 0 saturated heterocycles. The van der Waals surface area contributed by atoms with E-state index >= 15 is 0 Å². The number of aliphatic carboxylic acids is 1. The number of benzene rings is 4. The van der Waals surface area contributed by atoms with Gasteiger partial charge in [0.25, 0.3) is 5.91 Å². The van der Waals surface area contributed by atoms with Crippen molar-refractivity contribution in [2.45, 2.75) is 44.3 Å². The Morgan fingerprint density at radius 1 is 0.685 bits per heavy atom. The van der Waals surface area contributed by atoms with Gasteiger partial charge in [-0.25, -0.2) is 4.79 Å². The van der Waals surface area contributed by atoms with Crippen LogP contribution in [0.15, 0.2) is 127 Å². The Bertz CT molecular complexity index is 1990. The van der Waals surface area contributed by atoms with Gasteiger partial charge in [0.2, 0.25) is 17.7 Å². The Labute approximate surface area is 317 Å². The molecule has 2 aliphatic rings. The number of thiophene rings is 1. The van der Waals surface area contributed by atoms with Gasteiger partial charge in [-0.3, -0.25) is 19.2 Å². The largest absolute Gasteiger partial charge is 0.484 e. The van der Waals surface area contributed by atoms with Crippen molar-refractivity contribution in [1.82, 2.24) is 21.3 Å². The van der Waals surface area contributed by atoms with Gasteiger partial charge in [-0.1, -0.05) is 103 Å². The quantitative estimate of drug-likeness (QED) is 0.160. The molecule has 0 unspecified atom stereocenters. The van der Waals surface area contributed by atoms with Gasteiger partial charge in [-0.2, -0.15) is 0 Å². The van der Waals surface area contributed by atoms with Crippen LogP contribution in [0.1, 0.15) is 21.6 Å². The summed E-state index contributed by atoms with van der Waals surface area (Å²) < 4.78 is 5.50. The number of fused-ring (bicyclic) bond motifs is 16. The van der Waals surface area contributed by atoms with Gasteiger partial charge in [0, 0.05) is 24.1 Å². The topological polar surface area (TPSA) is 163 Å². The van der Waals surface area contributed by atoms with Crippen LogP contribution >= 0.6 is 11.3 Å². The SMILES string of the molecule is Cc1cccs1.O=C1COc2ccc(cc2)C[C@@H](C(=O)O)NC(=O)[C@@H](Cc2ccccc2)NC(=O)[C@@H](Cc2ccc(-c3ccccc3)cc2)NC(=O)CN1. The van der Waals surface area contributed by atoms with E-state index in [-0.39, 0.29) is 25.9 Å². The van der Waals surface area contributed by atoms with Crippen molar-refractivity contribution in [1.29, 1.82) is 0 Å². The Kier molecular flexibility index (Phi) is 14.1. The van der Waals surface area contributed by atoms with E-state index in [0.717, 1.165) is 22.3 Å². The maximum absolute atomic E-state index is 13.9. The lowest BCUT2D eigenvalue weighted by Crippen LogP contribution is -2.57. The monoisotopic (exact) mass is 746 g/mol. The Hall–Kier alpha value is -6.27. The van der Waals surface area contributed by atoms with Gasteiger partial charge in [0.1, 0.15) is 23.9 Å². The number of carboxylic acid groups (broad SMARTS) is 1. The number of ether oxygens (including phenoxy) is 1. The number of rotatable bonds is 6. The van der Waals surface area contributed by atoms with Crippen LogP contribution in [0, 0.1) is 6.92 Å². The number of carbonyl (C=O) groups is 5. The Balaban J connectivity index is 0.000000850. The lowest BCUT2D eigenvalue weighted by Gasteiger charge is -2.25. The zero-order valence-corrected chi connectivity index (χ0v) is 30.5. The van der Waals surface area contributed by atoms with Gasteiger partial charge in [0.15, 0.2) is 6.61 Å². The average molecular weight is 747 g/mol. The number of hydrogen-bond donors (Lipinski definition) is 5. The van der Waals surface area contributed by atoms with Gasteiger partial charge < -0.3 is 31.1 Å². The molecule has 0 radical (unpaired) electrons. The second kappa shape index (κ2) is 19.5. The summed E-state index contributed by atoms with van der Waals surface area (Å²) in [5, 5.41) is 22.6. The molecule has 54 heavy (non-hydrogen) atoms. The lowest BCUT2D eigenvalue weighted by molar-refractivity contribution is -0.142. The van der Waals surface area contributed by atoms with E-state index in [2.05, 4.69) is 45.7 Å². The third-order valence-corrected chi connectivity index (χ3v) is 9.33. The zero-order chi connectivity index (χ0) is 38.3. The molecule has 5 N–H and O–H groups in total. The van der Waals surface area contributed by atoms with Gasteiger partial charge in [0.05, 0.1) is 6.54 Å². The summed E-state index contributed by atoms with van der Waals surface area (Å²) in [5.74, 6) is -3.40. The highest BCUT2D eigenvalue weighted by molar-refractivity contribution is 7.09. The van der Waals surface area contributed by atoms with Crippen LogP contribution < -0.4 is 26.0 Å². The van der Waals surface area contributed by atoms with Crippen molar-refractivity contribution in [2.24, 2.45) is 0 Å². The minimum absolute atomic E-state index is 0.0362.